The van der Waals surface area contributed by atoms with Gasteiger partial charge in [-0.1, -0.05) is 108 Å². The van der Waals surface area contributed by atoms with Crippen LogP contribution < -0.4 is 9.47 Å². The molecule has 6 nitrogen and oxygen atoms in total. The van der Waals surface area contributed by atoms with Crippen LogP contribution in [0.4, 0.5) is 0 Å². The first kappa shape index (κ1) is 43.1. The number of aliphatic hydroxyl groups is 2. The Hall–Kier alpha value is -6.08. The second kappa shape index (κ2) is 20.9. The standard InChI is InChI=1S/2C25H25NO.2CH4O/c2*1-4-27-22-13-11-20(12-14-22)17-26-24-15-10-18(2)16-23(24)19(3)25(26)21-8-6-5-7-9-21;2*1-2/h2*5-16H,4,17H2,1-3H3;2*2H,1H3. The van der Waals surface area contributed by atoms with Gasteiger partial charge in [0.05, 0.1) is 24.6 Å². The lowest BCUT2D eigenvalue weighted by atomic mass is 10.1. The van der Waals surface area contributed by atoms with Gasteiger partial charge in [0.25, 0.3) is 0 Å². The van der Waals surface area contributed by atoms with E-state index in [1.807, 2.05) is 13.8 Å². The Kier molecular flexibility index (Phi) is 15.5. The van der Waals surface area contributed by atoms with Crippen molar-refractivity contribution in [2.75, 3.05) is 27.4 Å². The first-order valence-corrected chi connectivity index (χ1v) is 20.0. The molecule has 0 aliphatic carbocycles. The average Bonchev–Trinajstić information content (AvgIpc) is 3.69. The summed E-state index contributed by atoms with van der Waals surface area (Å²) in [4.78, 5) is 0. The molecule has 8 rings (SSSR count). The molecule has 0 atom stereocenters. The van der Waals surface area contributed by atoms with Crippen LogP contribution in [-0.4, -0.2) is 46.8 Å². The summed E-state index contributed by atoms with van der Waals surface area (Å²) >= 11 is 0. The summed E-state index contributed by atoms with van der Waals surface area (Å²) in [6, 6.07) is 51.7. The van der Waals surface area contributed by atoms with Crippen LogP contribution in [0.25, 0.3) is 44.3 Å². The van der Waals surface area contributed by atoms with Gasteiger partial charge >= 0.3 is 0 Å². The predicted octanol–water partition coefficient (Wildman–Crippen LogP) is 12.0. The van der Waals surface area contributed by atoms with Crippen LogP contribution in [0.1, 0.15) is 47.2 Å². The number of aliphatic hydroxyl groups excluding tert-OH is 2. The summed E-state index contributed by atoms with van der Waals surface area (Å²) in [6.45, 7) is 15.9. The monoisotopic (exact) mass is 774 g/mol. The van der Waals surface area contributed by atoms with Crippen molar-refractivity contribution in [1.29, 1.82) is 0 Å². The molecule has 0 unspecified atom stereocenters. The number of hydrogen-bond acceptors (Lipinski definition) is 4. The maximum Gasteiger partial charge on any atom is 0.119 e. The van der Waals surface area contributed by atoms with Crippen molar-refractivity contribution in [3.63, 3.8) is 0 Å². The smallest absolute Gasteiger partial charge is 0.119 e. The lowest BCUT2D eigenvalue weighted by Gasteiger charge is -2.13. The van der Waals surface area contributed by atoms with Gasteiger partial charge in [0.15, 0.2) is 0 Å². The molecule has 0 saturated carbocycles. The van der Waals surface area contributed by atoms with Crippen LogP contribution >= 0.6 is 0 Å². The molecule has 0 saturated heterocycles. The highest BCUT2D eigenvalue weighted by molar-refractivity contribution is 5.93. The Labute approximate surface area is 344 Å². The van der Waals surface area contributed by atoms with Crippen molar-refractivity contribution >= 4 is 21.8 Å². The Morgan fingerprint density at radius 1 is 0.431 bits per heavy atom. The first-order valence-electron chi connectivity index (χ1n) is 20.0. The van der Waals surface area contributed by atoms with Gasteiger partial charge in [-0.25, -0.2) is 0 Å². The molecule has 300 valence electrons. The second-order valence-electron chi connectivity index (χ2n) is 14.0. The van der Waals surface area contributed by atoms with E-state index in [0.717, 1.165) is 38.8 Å². The summed E-state index contributed by atoms with van der Waals surface area (Å²) in [6.07, 6.45) is 0. The largest absolute Gasteiger partial charge is 0.494 e. The van der Waals surface area contributed by atoms with Crippen molar-refractivity contribution in [2.24, 2.45) is 0 Å². The van der Waals surface area contributed by atoms with Crippen LogP contribution in [-0.2, 0) is 13.1 Å². The molecule has 0 aliphatic rings. The predicted molar refractivity (Wildman–Crippen MR) is 243 cm³/mol. The van der Waals surface area contributed by atoms with Crippen LogP contribution in [0.3, 0.4) is 0 Å². The van der Waals surface area contributed by atoms with Crippen LogP contribution in [0.5, 0.6) is 11.5 Å². The highest BCUT2D eigenvalue weighted by Crippen LogP contribution is 2.36. The molecule has 0 aliphatic heterocycles. The Bertz CT molecular complexity index is 2300. The first-order chi connectivity index (χ1) is 28.3. The summed E-state index contributed by atoms with van der Waals surface area (Å²) in [7, 11) is 2.00. The minimum Gasteiger partial charge on any atom is -0.494 e. The maximum atomic E-state index is 7.00. The fraction of sp³-hybridized carbons (Fsp3) is 0.231. The van der Waals surface area contributed by atoms with E-state index in [0.29, 0.717) is 13.2 Å². The zero-order chi connectivity index (χ0) is 41.6. The van der Waals surface area contributed by atoms with Gasteiger partial charge in [-0.3, -0.25) is 0 Å². The Morgan fingerprint density at radius 2 is 0.776 bits per heavy atom. The van der Waals surface area contributed by atoms with Gasteiger partial charge in [-0.2, -0.15) is 0 Å². The molecule has 0 radical (unpaired) electrons. The van der Waals surface area contributed by atoms with E-state index in [2.05, 4.69) is 182 Å². The van der Waals surface area contributed by atoms with Gasteiger partial charge in [-0.15, -0.1) is 0 Å². The summed E-state index contributed by atoms with van der Waals surface area (Å²) in [5, 5.41) is 16.7. The highest BCUT2D eigenvalue weighted by atomic mass is 16.5. The summed E-state index contributed by atoms with van der Waals surface area (Å²) < 4.78 is 16.0. The van der Waals surface area contributed by atoms with Gasteiger partial charge in [0, 0.05) is 49.1 Å². The van der Waals surface area contributed by atoms with E-state index in [1.165, 1.54) is 77.7 Å². The molecule has 6 heteroatoms. The van der Waals surface area contributed by atoms with Crippen molar-refractivity contribution in [1.82, 2.24) is 9.13 Å². The number of hydrogen-bond donors (Lipinski definition) is 2. The molecule has 2 heterocycles. The molecule has 6 aromatic carbocycles. The highest BCUT2D eigenvalue weighted by Gasteiger charge is 2.18. The number of rotatable bonds is 10. The summed E-state index contributed by atoms with van der Waals surface area (Å²) in [5.41, 5.74) is 15.5. The molecule has 2 aromatic heterocycles. The number of fused-ring (bicyclic) bond motifs is 2. The van der Waals surface area contributed by atoms with Crippen LogP contribution in [0, 0.1) is 27.7 Å². The minimum atomic E-state index is 0.693. The molecular weight excluding hydrogens is 717 g/mol. The second-order valence-corrected chi connectivity index (χ2v) is 14.0. The van der Waals surface area contributed by atoms with Crippen molar-refractivity contribution in [2.45, 2.75) is 54.6 Å². The zero-order valence-corrected chi connectivity index (χ0v) is 35.3. The molecular formula is C52H58N2O4. The van der Waals surface area contributed by atoms with E-state index in [-0.39, 0.29) is 0 Å². The number of ether oxygens (including phenoxy) is 2. The molecule has 8 aromatic rings. The average molecular weight is 775 g/mol. The van der Waals surface area contributed by atoms with E-state index in [1.54, 1.807) is 0 Å². The third-order valence-corrected chi connectivity index (χ3v) is 10.2. The van der Waals surface area contributed by atoms with Gasteiger partial charge < -0.3 is 28.8 Å². The minimum absolute atomic E-state index is 0.693. The Balaban J connectivity index is 0.000000204. The van der Waals surface area contributed by atoms with Crippen molar-refractivity contribution in [3.8, 4) is 34.0 Å². The van der Waals surface area contributed by atoms with Crippen molar-refractivity contribution in [3.05, 3.63) is 179 Å². The van der Waals surface area contributed by atoms with Gasteiger partial charge in [0.1, 0.15) is 11.5 Å². The number of nitrogens with zero attached hydrogens (tertiary/aromatic N) is 2. The molecule has 0 fully saturated rings. The van der Waals surface area contributed by atoms with Gasteiger partial charge in [-0.05, 0) is 123 Å². The number of aryl methyl sites for hydroxylation is 4. The normalized spacial score (nSPS) is 10.5. The molecule has 58 heavy (non-hydrogen) atoms. The fourth-order valence-electron chi connectivity index (χ4n) is 7.62. The molecule has 2 N–H and O–H groups in total. The summed E-state index contributed by atoms with van der Waals surface area (Å²) in [5.74, 6) is 1.85. The van der Waals surface area contributed by atoms with E-state index < -0.39 is 0 Å². The van der Waals surface area contributed by atoms with Crippen LogP contribution in [0.15, 0.2) is 146 Å². The SMILES string of the molecule is CCOc1ccc(Cn2c(-c3ccccc3)c(C)c3cc(C)ccc32)cc1.CCOc1ccc(Cn2c(-c3ccccc3)c(C)c3cc(C)ccc32)cc1.CO.CO. The van der Waals surface area contributed by atoms with Crippen LogP contribution in [0.2, 0.25) is 0 Å². The lowest BCUT2D eigenvalue weighted by molar-refractivity contribution is 0.340. The van der Waals surface area contributed by atoms with Gasteiger partial charge in [0.2, 0.25) is 0 Å². The quantitative estimate of drug-likeness (QED) is 0.145. The third-order valence-electron chi connectivity index (χ3n) is 10.2. The van der Waals surface area contributed by atoms with E-state index in [4.69, 9.17) is 19.7 Å². The third kappa shape index (κ3) is 9.89. The molecule has 0 spiro atoms. The number of benzene rings is 6. The lowest BCUT2D eigenvalue weighted by Crippen LogP contribution is -2.02. The number of aromatic nitrogens is 2. The Morgan fingerprint density at radius 3 is 1.10 bits per heavy atom. The zero-order valence-electron chi connectivity index (χ0n) is 35.3. The van der Waals surface area contributed by atoms with Crippen molar-refractivity contribution < 1.29 is 19.7 Å². The molecule has 0 bridgehead atoms. The maximum absolute atomic E-state index is 7.00. The van der Waals surface area contributed by atoms with E-state index in [9.17, 15) is 0 Å². The van der Waals surface area contributed by atoms with E-state index >= 15 is 0 Å². The fourth-order valence-corrected chi connectivity index (χ4v) is 7.62. The molecule has 0 amide bonds. The topological polar surface area (TPSA) is 68.8 Å².